The quantitative estimate of drug-likeness (QED) is 0.818. The molecule has 0 spiro atoms. The maximum absolute atomic E-state index is 11.9. The third-order valence-corrected chi connectivity index (χ3v) is 2.47. The van der Waals surface area contributed by atoms with Crippen LogP contribution in [0.2, 0.25) is 0 Å². The topological polar surface area (TPSA) is 95.8 Å². The SMILES string of the molecule is CCCn1nnn(-c2ccc(C(N)=O)cc2)c1=O. The van der Waals surface area contributed by atoms with E-state index >= 15 is 0 Å². The van der Waals surface area contributed by atoms with Crippen molar-refractivity contribution in [1.82, 2.24) is 19.8 Å². The number of hydrogen-bond acceptors (Lipinski definition) is 4. The van der Waals surface area contributed by atoms with Crippen LogP contribution in [0.3, 0.4) is 0 Å². The number of carbonyl (C=O) groups is 1. The van der Waals surface area contributed by atoms with Gasteiger partial charge in [0.15, 0.2) is 0 Å². The number of benzene rings is 1. The van der Waals surface area contributed by atoms with Gasteiger partial charge >= 0.3 is 5.69 Å². The van der Waals surface area contributed by atoms with Crippen molar-refractivity contribution in [2.45, 2.75) is 19.9 Å². The second-order valence-corrected chi connectivity index (χ2v) is 3.81. The Morgan fingerprint density at radius 2 is 1.94 bits per heavy atom. The molecule has 0 atom stereocenters. The van der Waals surface area contributed by atoms with Gasteiger partial charge in [-0.3, -0.25) is 4.79 Å². The number of tetrazole rings is 1. The summed E-state index contributed by atoms with van der Waals surface area (Å²) in [6, 6.07) is 6.30. The molecule has 1 aromatic heterocycles. The summed E-state index contributed by atoms with van der Waals surface area (Å²) in [6.07, 6.45) is 0.805. The summed E-state index contributed by atoms with van der Waals surface area (Å²) in [5, 5.41) is 7.54. The number of nitrogens with zero attached hydrogens (tertiary/aromatic N) is 4. The predicted molar refractivity (Wildman–Crippen MR) is 64.4 cm³/mol. The summed E-state index contributed by atoms with van der Waals surface area (Å²) in [5.74, 6) is -0.511. The minimum Gasteiger partial charge on any atom is -0.366 e. The van der Waals surface area contributed by atoms with Gasteiger partial charge in [-0.15, -0.1) is 0 Å². The van der Waals surface area contributed by atoms with E-state index in [1.54, 1.807) is 24.3 Å². The summed E-state index contributed by atoms with van der Waals surface area (Å²) in [4.78, 5) is 22.8. The van der Waals surface area contributed by atoms with E-state index in [4.69, 9.17) is 5.73 Å². The Labute approximate surface area is 103 Å². The van der Waals surface area contributed by atoms with E-state index < -0.39 is 5.91 Å². The Morgan fingerprint density at radius 1 is 1.28 bits per heavy atom. The molecule has 0 aliphatic rings. The molecule has 94 valence electrons. The maximum Gasteiger partial charge on any atom is 0.368 e. The molecule has 0 aliphatic heterocycles. The number of aromatic nitrogens is 4. The fourth-order valence-corrected chi connectivity index (χ4v) is 1.56. The van der Waals surface area contributed by atoms with Crippen molar-refractivity contribution in [3.8, 4) is 5.69 Å². The van der Waals surface area contributed by atoms with Crippen molar-refractivity contribution < 1.29 is 4.79 Å². The first kappa shape index (κ1) is 12.0. The van der Waals surface area contributed by atoms with Crippen molar-refractivity contribution in [2.75, 3.05) is 0 Å². The fourth-order valence-electron chi connectivity index (χ4n) is 1.56. The number of aryl methyl sites for hydroxylation is 1. The van der Waals surface area contributed by atoms with Crippen molar-refractivity contribution in [3.63, 3.8) is 0 Å². The molecular weight excluding hydrogens is 234 g/mol. The van der Waals surface area contributed by atoms with E-state index in [1.165, 1.54) is 9.36 Å². The van der Waals surface area contributed by atoms with E-state index in [2.05, 4.69) is 10.4 Å². The van der Waals surface area contributed by atoms with Crippen LogP contribution in [0.4, 0.5) is 0 Å². The van der Waals surface area contributed by atoms with E-state index in [0.29, 0.717) is 17.8 Å². The Bertz CT molecular complexity index is 611. The van der Waals surface area contributed by atoms with Crippen molar-refractivity contribution >= 4 is 5.91 Å². The molecule has 0 fully saturated rings. The lowest BCUT2D eigenvalue weighted by atomic mass is 10.2. The zero-order valence-corrected chi connectivity index (χ0v) is 9.91. The van der Waals surface area contributed by atoms with Crippen LogP contribution >= 0.6 is 0 Å². The zero-order valence-electron chi connectivity index (χ0n) is 9.91. The Morgan fingerprint density at radius 3 is 2.50 bits per heavy atom. The van der Waals surface area contributed by atoms with Gasteiger partial charge < -0.3 is 5.73 Å². The molecular formula is C11H13N5O2. The highest BCUT2D eigenvalue weighted by Crippen LogP contribution is 2.05. The molecule has 0 aliphatic carbocycles. The molecule has 7 nitrogen and oxygen atoms in total. The maximum atomic E-state index is 11.9. The average Bonchev–Trinajstić information content (AvgIpc) is 2.72. The molecule has 2 N–H and O–H groups in total. The molecule has 0 radical (unpaired) electrons. The molecule has 0 bridgehead atoms. The van der Waals surface area contributed by atoms with E-state index in [9.17, 15) is 9.59 Å². The van der Waals surface area contributed by atoms with Crippen molar-refractivity contribution in [3.05, 3.63) is 40.3 Å². The first-order valence-electron chi connectivity index (χ1n) is 5.56. The third-order valence-electron chi connectivity index (χ3n) is 2.47. The number of amides is 1. The lowest BCUT2D eigenvalue weighted by Gasteiger charge is -1.99. The molecule has 1 aromatic carbocycles. The van der Waals surface area contributed by atoms with Gasteiger partial charge in [0.25, 0.3) is 0 Å². The predicted octanol–water partition coefficient (Wildman–Crippen LogP) is -0.0621. The summed E-state index contributed by atoms with van der Waals surface area (Å²) in [7, 11) is 0. The third kappa shape index (κ3) is 2.15. The standard InChI is InChI=1S/C11H13N5O2/c1-2-7-15-11(18)16(14-13-15)9-5-3-8(4-6-9)10(12)17/h3-6H,2,7H2,1H3,(H2,12,17). The number of nitrogens with two attached hydrogens (primary N) is 1. The molecule has 2 rings (SSSR count). The van der Waals surface area contributed by atoms with Gasteiger partial charge in [-0.05, 0) is 41.1 Å². The van der Waals surface area contributed by atoms with Crippen LogP contribution in [0.5, 0.6) is 0 Å². The van der Waals surface area contributed by atoms with Crippen LogP contribution < -0.4 is 11.4 Å². The molecule has 1 amide bonds. The number of rotatable bonds is 4. The van der Waals surface area contributed by atoms with Crippen molar-refractivity contribution in [2.24, 2.45) is 5.73 Å². The molecule has 2 aromatic rings. The Kier molecular flexibility index (Phi) is 3.22. The van der Waals surface area contributed by atoms with Gasteiger partial charge in [0, 0.05) is 12.1 Å². The van der Waals surface area contributed by atoms with Gasteiger partial charge in [-0.25, -0.2) is 4.79 Å². The molecule has 1 heterocycles. The molecule has 0 unspecified atom stereocenters. The Hall–Kier alpha value is -2.44. The molecule has 0 saturated carbocycles. The van der Waals surface area contributed by atoms with Crippen molar-refractivity contribution in [1.29, 1.82) is 0 Å². The first-order valence-corrected chi connectivity index (χ1v) is 5.56. The number of primary amides is 1. The summed E-state index contributed by atoms with van der Waals surface area (Å²) in [5.41, 5.74) is 5.77. The second-order valence-electron chi connectivity index (χ2n) is 3.81. The highest BCUT2D eigenvalue weighted by molar-refractivity contribution is 5.92. The van der Waals surface area contributed by atoms with Gasteiger partial charge in [-0.2, -0.15) is 9.36 Å². The highest BCUT2D eigenvalue weighted by atomic mass is 16.2. The normalized spacial score (nSPS) is 10.5. The van der Waals surface area contributed by atoms with Gasteiger partial charge in [0.1, 0.15) is 0 Å². The van der Waals surface area contributed by atoms with E-state index in [-0.39, 0.29) is 5.69 Å². The van der Waals surface area contributed by atoms with Gasteiger partial charge in [0.2, 0.25) is 5.91 Å². The Balaban J connectivity index is 2.37. The molecule has 18 heavy (non-hydrogen) atoms. The number of carbonyl (C=O) groups excluding carboxylic acids is 1. The molecule has 0 saturated heterocycles. The van der Waals surface area contributed by atoms with Crippen LogP contribution in [-0.2, 0) is 6.54 Å². The summed E-state index contributed by atoms with van der Waals surface area (Å²) < 4.78 is 2.47. The summed E-state index contributed by atoms with van der Waals surface area (Å²) >= 11 is 0. The molecule has 7 heteroatoms. The van der Waals surface area contributed by atoms with Crippen LogP contribution in [0.1, 0.15) is 23.7 Å². The highest BCUT2D eigenvalue weighted by Gasteiger charge is 2.08. The smallest absolute Gasteiger partial charge is 0.366 e. The first-order chi connectivity index (χ1) is 8.63. The van der Waals surface area contributed by atoms with Crippen LogP contribution in [-0.4, -0.2) is 25.7 Å². The second kappa shape index (κ2) is 4.82. The summed E-state index contributed by atoms with van der Waals surface area (Å²) in [6.45, 7) is 2.48. The number of hydrogen-bond donors (Lipinski definition) is 1. The van der Waals surface area contributed by atoms with Crippen LogP contribution in [0.25, 0.3) is 5.69 Å². The fraction of sp³-hybridized carbons (Fsp3) is 0.273. The average molecular weight is 247 g/mol. The lowest BCUT2D eigenvalue weighted by Crippen LogP contribution is -2.24. The van der Waals surface area contributed by atoms with E-state index in [0.717, 1.165) is 6.42 Å². The zero-order chi connectivity index (χ0) is 13.1. The van der Waals surface area contributed by atoms with Crippen LogP contribution in [0.15, 0.2) is 29.1 Å². The minimum atomic E-state index is -0.511. The minimum absolute atomic E-state index is 0.302. The van der Waals surface area contributed by atoms with Crippen LogP contribution in [0, 0.1) is 0 Å². The largest absolute Gasteiger partial charge is 0.368 e. The monoisotopic (exact) mass is 247 g/mol. The lowest BCUT2D eigenvalue weighted by molar-refractivity contribution is 0.100. The van der Waals surface area contributed by atoms with Gasteiger partial charge in [-0.1, -0.05) is 6.92 Å². The van der Waals surface area contributed by atoms with E-state index in [1.807, 2.05) is 6.92 Å². The van der Waals surface area contributed by atoms with Gasteiger partial charge in [0.05, 0.1) is 5.69 Å².